The Balaban J connectivity index is 2.08. The van der Waals surface area contributed by atoms with Crippen LogP contribution in [-0.4, -0.2) is 14.9 Å². The monoisotopic (exact) mass is 270 g/mol. The second kappa shape index (κ2) is 5.05. The summed E-state index contributed by atoms with van der Waals surface area (Å²) < 4.78 is 38.3. The maximum atomic E-state index is 12.4. The van der Waals surface area contributed by atoms with Crippen molar-refractivity contribution in [3.8, 4) is 0 Å². The number of alkyl halides is 3. The molecule has 0 aliphatic heterocycles. The molecule has 2 rings (SSSR count). The van der Waals surface area contributed by atoms with Crippen LogP contribution in [-0.2, 0) is 12.7 Å². The van der Waals surface area contributed by atoms with Gasteiger partial charge in [0, 0.05) is 6.20 Å². The Kier molecular flexibility index (Phi) is 3.61. The molecule has 0 aliphatic carbocycles. The van der Waals surface area contributed by atoms with Gasteiger partial charge in [0.05, 0.1) is 24.4 Å². The van der Waals surface area contributed by atoms with Crippen molar-refractivity contribution in [2.75, 3.05) is 0 Å². The first-order valence-electron chi connectivity index (χ1n) is 5.70. The normalized spacial score (nSPS) is 13.5. The third-order valence-corrected chi connectivity index (χ3v) is 2.78. The van der Waals surface area contributed by atoms with Gasteiger partial charge in [-0.1, -0.05) is 29.8 Å². The van der Waals surface area contributed by atoms with Crippen LogP contribution >= 0.6 is 0 Å². The molecular formula is C13H13F3N2O. The lowest BCUT2D eigenvalue weighted by Crippen LogP contribution is -2.09. The largest absolute Gasteiger partial charge is 0.419 e. The van der Waals surface area contributed by atoms with Crippen LogP contribution in [0.5, 0.6) is 0 Å². The summed E-state index contributed by atoms with van der Waals surface area (Å²) in [6.07, 6.45) is -3.66. The molecule has 0 bridgehead atoms. The van der Waals surface area contributed by atoms with Crippen LogP contribution in [0.2, 0.25) is 0 Å². The van der Waals surface area contributed by atoms with E-state index in [0.717, 1.165) is 22.6 Å². The van der Waals surface area contributed by atoms with Crippen molar-refractivity contribution >= 4 is 0 Å². The molecule has 1 atom stereocenters. The molecule has 1 N–H and O–H groups in total. The molecule has 2 aromatic rings. The van der Waals surface area contributed by atoms with E-state index in [1.54, 1.807) is 12.1 Å². The van der Waals surface area contributed by atoms with Gasteiger partial charge in [0.15, 0.2) is 0 Å². The average molecular weight is 270 g/mol. The van der Waals surface area contributed by atoms with E-state index in [2.05, 4.69) is 5.10 Å². The minimum Gasteiger partial charge on any atom is -0.386 e. The molecule has 0 saturated heterocycles. The van der Waals surface area contributed by atoms with E-state index < -0.39 is 17.8 Å². The number of aromatic nitrogens is 2. The van der Waals surface area contributed by atoms with Gasteiger partial charge >= 0.3 is 6.18 Å². The number of halogens is 3. The molecule has 6 heteroatoms. The van der Waals surface area contributed by atoms with Crippen molar-refractivity contribution in [3.05, 3.63) is 53.3 Å². The number of aliphatic hydroxyl groups excluding tert-OH is 1. The Bertz CT molecular complexity index is 546. The summed E-state index contributed by atoms with van der Waals surface area (Å²) in [5, 5.41) is 13.5. The van der Waals surface area contributed by atoms with Gasteiger partial charge in [0.2, 0.25) is 0 Å². The van der Waals surface area contributed by atoms with Gasteiger partial charge in [-0.25, -0.2) is 0 Å². The van der Waals surface area contributed by atoms with Gasteiger partial charge < -0.3 is 5.11 Å². The first-order chi connectivity index (χ1) is 8.86. The standard InChI is InChI=1S/C13H13F3N2O/c1-9-2-4-10(5-3-9)12(19)8-18-7-11(6-17-18)13(14,15)16/h2-7,12,19H,8H2,1H3. The predicted molar refractivity (Wildman–Crippen MR) is 63.4 cm³/mol. The van der Waals surface area contributed by atoms with E-state index in [4.69, 9.17) is 0 Å². The summed E-state index contributed by atoms with van der Waals surface area (Å²) in [7, 11) is 0. The zero-order chi connectivity index (χ0) is 14.0. The molecule has 102 valence electrons. The van der Waals surface area contributed by atoms with Crippen molar-refractivity contribution in [2.24, 2.45) is 0 Å². The van der Waals surface area contributed by atoms with Gasteiger partial charge in [-0.2, -0.15) is 18.3 Å². The highest BCUT2D eigenvalue weighted by molar-refractivity contribution is 5.23. The molecule has 0 aliphatic rings. The summed E-state index contributed by atoms with van der Waals surface area (Å²) in [5.74, 6) is 0. The summed E-state index contributed by atoms with van der Waals surface area (Å²) in [5.41, 5.74) is 0.882. The first kappa shape index (κ1) is 13.6. The van der Waals surface area contributed by atoms with Gasteiger partial charge in [0.1, 0.15) is 0 Å². The van der Waals surface area contributed by atoms with Gasteiger partial charge in [-0.3, -0.25) is 4.68 Å². The quantitative estimate of drug-likeness (QED) is 0.931. The smallest absolute Gasteiger partial charge is 0.386 e. The third-order valence-electron chi connectivity index (χ3n) is 2.78. The molecule has 0 amide bonds. The molecule has 1 aromatic carbocycles. The minimum absolute atomic E-state index is 0.0147. The topological polar surface area (TPSA) is 38.0 Å². The number of hydrogen-bond donors (Lipinski definition) is 1. The Labute approximate surface area is 108 Å². The molecule has 3 nitrogen and oxygen atoms in total. The average Bonchev–Trinajstić information content (AvgIpc) is 2.78. The summed E-state index contributed by atoms with van der Waals surface area (Å²) in [4.78, 5) is 0. The van der Waals surface area contributed by atoms with E-state index in [-0.39, 0.29) is 6.54 Å². The van der Waals surface area contributed by atoms with Crippen molar-refractivity contribution in [2.45, 2.75) is 25.7 Å². The van der Waals surface area contributed by atoms with E-state index in [1.165, 1.54) is 0 Å². The van der Waals surface area contributed by atoms with Gasteiger partial charge in [-0.05, 0) is 12.5 Å². The summed E-state index contributed by atoms with van der Waals surface area (Å²) >= 11 is 0. The van der Waals surface area contributed by atoms with Crippen LogP contribution in [0.3, 0.4) is 0 Å². The number of nitrogens with zero attached hydrogens (tertiary/aromatic N) is 2. The minimum atomic E-state index is -4.41. The highest BCUT2D eigenvalue weighted by Gasteiger charge is 2.32. The SMILES string of the molecule is Cc1ccc(C(O)Cn2cc(C(F)(F)F)cn2)cc1. The Morgan fingerprint density at radius 1 is 1.26 bits per heavy atom. The van der Waals surface area contributed by atoms with Crippen LogP contribution in [0.1, 0.15) is 22.8 Å². The van der Waals surface area contributed by atoms with E-state index >= 15 is 0 Å². The van der Waals surface area contributed by atoms with Crippen LogP contribution in [0.15, 0.2) is 36.7 Å². The van der Waals surface area contributed by atoms with E-state index in [1.807, 2.05) is 19.1 Å². The van der Waals surface area contributed by atoms with Gasteiger partial charge in [-0.15, -0.1) is 0 Å². The number of aliphatic hydroxyl groups is 1. The van der Waals surface area contributed by atoms with E-state index in [9.17, 15) is 18.3 Å². The fourth-order valence-corrected chi connectivity index (χ4v) is 1.68. The molecule has 1 heterocycles. The fourth-order valence-electron chi connectivity index (χ4n) is 1.68. The highest BCUT2D eigenvalue weighted by Crippen LogP contribution is 2.28. The number of hydrogen-bond acceptors (Lipinski definition) is 2. The maximum Gasteiger partial charge on any atom is 0.419 e. The molecule has 0 spiro atoms. The van der Waals surface area contributed by atoms with Crippen molar-refractivity contribution in [3.63, 3.8) is 0 Å². The second-order valence-electron chi connectivity index (χ2n) is 4.38. The van der Waals surface area contributed by atoms with Crippen molar-refractivity contribution in [1.29, 1.82) is 0 Å². The molecule has 19 heavy (non-hydrogen) atoms. The Morgan fingerprint density at radius 2 is 1.89 bits per heavy atom. The maximum absolute atomic E-state index is 12.4. The predicted octanol–water partition coefficient (Wildman–Crippen LogP) is 2.94. The van der Waals surface area contributed by atoms with Crippen LogP contribution in [0.4, 0.5) is 13.2 Å². The van der Waals surface area contributed by atoms with Crippen LogP contribution < -0.4 is 0 Å². The lowest BCUT2D eigenvalue weighted by molar-refractivity contribution is -0.137. The van der Waals surface area contributed by atoms with Crippen LogP contribution in [0, 0.1) is 6.92 Å². The number of aryl methyl sites for hydroxylation is 1. The van der Waals surface area contributed by atoms with Crippen molar-refractivity contribution in [1.82, 2.24) is 9.78 Å². The number of rotatable bonds is 3. The Hall–Kier alpha value is -1.82. The van der Waals surface area contributed by atoms with Crippen molar-refractivity contribution < 1.29 is 18.3 Å². The summed E-state index contributed by atoms with van der Waals surface area (Å²) in [6.45, 7) is 1.90. The molecule has 0 radical (unpaired) electrons. The van der Waals surface area contributed by atoms with Gasteiger partial charge in [0.25, 0.3) is 0 Å². The van der Waals surface area contributed by atoms with E-state index in [0.29, 0.717) is 5.56 Å². The zero-order valence-electron chi connectivity index (χ0n) is 10.2. The molecular weight excluding hydrogens is 257 g/mol. The third kappa shape index (κ3) is 3.35. The molecule has 1 aromatic heterocycles. The number of benzene rings is 1. The summed E-state index contributed by atoms with van der Waals surface area (Å²) in [6, 6.07) is 7.16. The van der Waals surface area contributed by atoms with Crippen LogP contribution in [0.25, 0.3) is 0 Å². The second-order valence-corrected chi connectivity index (χ2v) is 4.38. The lowest BCUT2D eigenvalue weighted by atomic mass is 10.1. The fraction of sp³-hybridized carbons (Fsp3) is 0.308. The molecule has 0 fully saturated rings. The first-order valence-corrected chi connectivity index (χ1v) is 5.70. The highest BCUT2D eigenvalue weighted by atomic mass is 19.4. The lowest BCUT2D eigenvalue weighted by Gasteiger charge is -2.11. The zero-order valence-corrected chi connectivity index (χ0v) is 10.2. The molecule has 1 unspecified atom stereocenters. The Morgan fingerprint density at radius 3 is 2.42 bits per heavy atom. The molecule has 0 saturated carbocycles.